The number of phenols is 1. The summed E-state index contributed by atoms with van der Waals surface area (Å²) in [6.07, 6.45) is 4.18. The zero-order valence-corrected chi connectivity index (χ0v) is 35.6. The largest absolute Gasteiger partial charge is 0.508 e. The zero-order chi connectivity index (χ0) is 44.8. The first-order valence-corrected chi connectivity index (χ1v) is 20.8. The zero-order valence-electron chi connectivity index (χ0n) is 35.6. The van der Waals surface area contributed by atoms with Gasteiger partial charge in [-0.1, -0.05) is 64.2 Å². The highest BCUT2D eigenvalue weighted by molar-refractivity contribution is 5.97. The Hall–Kier alpha value is -5.62. The van der Waals surface area contributed by atoms with Gasteiger partial charge in [-0.2, -0.15) is 0 Å². The second-order valence-electron chi connectivity index (χ2n) is 15.7. The number of nitrogens with two attached hydrogens (primary N) is 2. The van der Waals surface area contributed by atoms with E-state index in [9.17, 15) is 44.5 Å². The predicted octanol–water partition coefficient (Wildman–Crippen LogP) is 1.55. The molecule has 5 amide bonds. The van der Waals surface area contributed by atoms with Crippen LogP contribution in [0.5, 0.6) is 5.75 Å². The fraction of sp³-hybridized carbons (Fsp3) is 0.675. The van der Waals surface area contributed by atoms with Gasteiger partial charge in [0.25, 0.3) is 0 Å². The average molecular weight is 843 g/mol. The second-order valence-corrected chi connectivity index (χ2v) is 15.7. The van der Waals surface area contributed by atoms with Crippen molar-refractivity contribution in [2.24, 2.45) is 33.4 Å². The lowest BCUT2D eigenvalue weighted by Gasteiger charge is -2.31. The molecule has 20 heteroatoms. The number of carbonyl (C=O) groups excluding carboxylic acids is 5. The number of unbranched alkanes of at least 4 members (excludes halogenated alkanes) is 2. The van der Waals surface area contributed by atoms with Crippen molar-refractivity contribution in [3.05, 3.63) is 40.3 Å². The Kier molecular flexibility index (Phi) is 22.3. The summed E-state index contributed by atoms with van der Waals surface area (Å²) >= 11 is 0. The van der Waals surface area contributed by atoms with Crippen molar-refractivity contribution in [2.45, 2.75) is 135 Å². The molecule has 1 fully saturated rings. The number of guanidine groups is 1. The Morgan fingerprint density at radius 3 is 2.18 bits per heavy atom. The number of aliphatic carboxylic acids is 1. The first-order chi connectivity index (χ1) is 28.5. The minimum absolute atomic E-state index is 0.0120. The first-order valence-electron chi connectivity index (χ1n) is 20.8. The number of phenolic OH excluding ortho intramolecular Hbond substituents is 1. The molecule has 0 radical (unpaired) electrons. The number of nitrogens with one attached hydrogen (secondary N) is 5. The average Bonchev–Trinajstić information content (AvgIpc) is 3.70. The number of aromatic hydroxyl groups is 1. The Morgan fingerprint density at radius 1 is 0.900 bits per heavy atom. The Morgan fingerprint density at radius 2 is 1.58 bits per heavy atom. The second kappa shape index (κ2) is 26.5. The molecule has 11 N–H and O–H groups in total. The number of rotatable bonds is 27. The van der Waals surface area contributed by atoms with Gasteiger partial charge < -0.3 is 53.2 Å². The van der Waals surface area contributed by atoms with Crippen LogP contribution in [-0.2, 0) is 35.2 Å². The van der Waals surface area contributed by atoms with Crippen LogP contribution in [-0.4, -0.2) is 120 Å². The minimum Gasteiger partial charge on any atom is -0.508 e. The molecule has 1 heterocycles. The maximum Gasteiger partial charge on any atom is 0.326 e. The van der Waals surface area contributed by atoms with E-state index in [1.807, 2.05) is 27.8 Å². The van der Waals surface area contributed by atoms with E-state index in [1.165, 1.54) is 17.0 Å². The van der Waals surface area contributed by atoms with Gasteiger partial charge in [0.15, 0.2) is 5.96 Å². The summed E-state index contributed by atoms with van der Waals surface area (Å²) in [5.74, 6) is -5.06. The Bertz CT molecular complexity index is 1650. The summed E-state index contributed by atoms with van der Waals surface area (Å²) in [6, 6.07) is -0.811. The van der Waals surface area contributed by atoms with Gasteiger partial charge in [-0.05, 0) is 93.6 Å². The molecule has 7 atom stereocenters. The monoisotopic (exact) mass is 843 g/mol. The third-order valence-corrected chi connectivity index (χ3v) is 10.4. The van der Waals surface area contributed by atoms with Crippen LogP contribution in [0.2, 0.25) is 0 Å². The highest BCUT2D eigenvalue weighted by Crippen LogP contribution is 2.22. The molecule has 1 aromatic rings. The number of hydrogen-bond donors (Lipinski definition) is 9. The number of carboxylic acids is 1. The normalized spacial score (nSPS) is 16.6. The predicted molar refractivity (Wildman–Crippen MR) is 226 cm³/mol. The van der Waals surface area contributed by atoms with E-state index in [0.29, 0.717) is 31.2 Å². The van der Waals surface area contributed by atoms with Gasteiger partial charge in [0.1, 0.15) is 42.0 Å². The summed E-state index contributed by atoms with van der Waals surface area (Å²) in [5.41, 5.74) is 20.7. The van der Waals surface area contributed by atoms with Crippen LogP contribution < -0.4 is 38.1 Å². The molecule has 1 aromatic carbocycles. The molecular weight excluding hydrogens is 777 g/mol. The molecule has 0 aliphatic carbocycles. The number of benzene rings is 1. The van der Waals surface area contributed by atoms with Crippen LogP contribution in [0.3, 0.4) is 0 Å². The van der Waals surface area contributed by atoms with Crippen molar-refractivity contribution in [1.82, 2.24) is 31.5 Å². The number of carbonyl (C=O) groups is 6. The number of likely N-dealkylation sites (tertiary alicyclic amines) is 1. The van der Waals surface area contributed by atoms with Crippen LogP contribution in [0.25, 0.3) is 10.4 Å². The Labute approximate surface area is 352 Å². The fourth-order valence-electron chi connectivity index (χ4n) is 6.91. The summed E-state index contributed by atoms with van der Waals surface area (Å²) in [4.78, 5) is 89.7. The van der Waals surface area contributed by atoms with Crippen molar-refractivity contribution in [2.75, 3.05) is 26.7 Å². The van der Waals surface area contributed by atoms with E-state index in [2.05, 4.69) is 41.6 Å². The molecule has 1 aliphatic heterocycles. The number of hydrogen-bond acceptors (Lipinski definition) is 10. The molecule has 2 rings (SSSR count). The lowest BCUT2D eigenvalue weighted by Crippen LogP contribution is -2.60. The maximum atomic E-state index is 14.3. The molecule has 1 saturated heterocycles. The smallest absolute Gasteiger partial charge is 0.326 e. The maximum absolute atomic E-state index is 14.3. The van der Waals surface area contributed by atoms with Crippen LogP contribution in [0.4, 0.5) is 0 Å². The first kappa shape index (κ1) is 50.5. The molecule has 20 nitrogen and oxygen atoms in total. The third-order valence-electron chi connectivity index (χ3n) is 10.4. The molecule has 0 spiro atoms. The molecule has 1 aliphatic rings. The standard InChI is InChI=1S/C40H66N12O8/c1-6-25(4)33(37(57)48-31(39(59)60)22-24(2)3)49-35(55)30(23-26-15-17-27(53)18-16-26)47-36(56)32-14-11-21-52(32)38(58)29(13-10-20-45-40(41)42)46-34(54)28(50-51-43)12-8-7-9-19-44-5/h15-18,24-25,28-33,44,53H,6-14,19-23H2,1-5H3,(H,46,54)(H,47,56)(H,48,57)(H,49,55)(H,59,60)(H4,41,42,45)/t25-,28-,29-,30-,31-,32-,33-/m0/s1. The lowest BCUT2D eigenvalue weighted by atomic mass is 9.96. The van der Waals surface area contributed by atoms with Crippen molar-refractivity contribution in [1.29, 1.82) is 0 Å². The highest BCUT2D eigenvalue weighted by atomic mass is 16.4. The van der Waals surface area contributed by atoms with Gasteiger partial charge in [0.2, 0.25) is 29.5 Å². The minimum atomic E-state index is -1.27. The van der Waals surface area contributed by atoms with Gasteiger partial charge in [-0.3, -0.25) is 29.0 Å². The Balaban J connectivity index is 2.39. The number of nitrogens with zero attached hydrogens (tertiary/aromatic N) is 5. The number of azide groups is 1. The van der Waals surface area contributed by atoms with Gasteiger partial charge >= 0.3 is 5.97 Å². The van der Waals surface area contributed by atoms with Gasteiger partial charge in [-0.15, -0.1) is 0 Å². The molecule has 60 heavy (non-hydrogen) atoms. The molecule has 0 bridgehead atoms. The lowest BCUT2D eigenvalue weighted by molar-refractivity contribution is -0.143. The molecule has 0 aromatic heterocycles. The summed E-state index contributed by atoms with van der Waals surface area (Å²) in [7, 11) is 1.84. The van der Waals surface area contributed by atoms with E-state index in [-0.39, 0.29) is 62.8 Å². The van der Waals surface area contributed by atoms with Crippen molar-refractivity contribution in [3.63, 3.8) is 0 Å². The summed E-state index contributed by atoms with van der Waals surface area (Å²) in [5, 5.41) is 37.2. The number of carboxylic acid groups (broad SMARTS) is 1. The van der Waals surface area contributed by atoms with E-state index in [0.717, 1.165) is 19.4 Å². The van der Waals surface area contributed by atoms with Gasteiger partial charge in [-0.25, -0.2) is 4.79 Å². The third kappa shape index (κ3) is 17.3. The molecular formula is C40H66N12O8. The van der Waals surface area contributed by atoms with E-state index in [4.69, 9.17) is 11.5 Å². The fourth-order valence-corrected chi connectivity index (χ4v) is 6.91. The van der Waals surface area contributed by atoms with E-state index >= 15 is 0 Å². The number of aliphatic imine (C=N–C) groups is 1. The van der Waals surface area contributed by atoms with Gasteiger partial charge in [0.05, 0.1) is 0 Å². The molecule has 0 saturated carbocycles. The topological polar surface area (TPSA) is 319 Å². The van der Waals surface area contributed by atoms with E-state index < -0.39 is 77.7 Å². The highest BCUT2D eigenvalue weighted by Gasteiger charge is 2.40. The quantitative estimate of drug-likeness (QED) is 0.0153. The van der Waals surface area contributed by atoms with Crippen LogP contribution >= 0.6 is 0 Å². The number of amides is 5. The van der Waals surface area contributed by atoms with Crippen molar-refractivity contribution < 1.29 is 39.0 Å². The summed E-state index contributed by atoms with van der Waals surface area (Å²) < 4.78 is 0. The molecule has 0 unspecified atom stereocenters. The molecule has 334 valence electrons. The summed E-state index contributed by atoms with van der Waals surface area (Å²) in [6.45, 7) is 8.35. The van der Waals surface area contributed by atoms with Crippen LogP contribution in [0, 0.1) is 11.8 Å². The SMILES string of the molecule is CC[C@H](C)[C@H](NC(=O)[C@H](Cc1ccc(O)cc1)NC(=O)[C@@H]1CCCN1C(=O)[C@H](CCCN=C(N)N)NC(=O)[C@H](CCCCCNC)N=[N+]=[N-])C(=O)N[C@@H](CC(C)C)C(=O)O. The van der Waals surface area contributed by atoms with Crippen molar-refractivity contribution in [3.8, 4) is 5.75 Å². The van der Waals surface area contributed by atoms with Gasteiger partial charge in [0, 0.05) is 24.4 Å². The van der Waals surface area contributed by atoms with Crippen LogP contribution in [0.15, 0.2) is 34.4 Å². The van der Waals surface area contributed by atoms with Crippen molar-refractivity contribution >= 4 is 41.5 Å². The van der Waals surface area contributed by atoms with E-state index in [1.54, 1.807) is 19.1 Å². The van der Waals surface area contributed by atoms with Crippen LogP contribution in [0.1, 0.15) is 97.5 Å².